The molecular formula is C47H52F6N4O5. The van der Waals surface area contributed by atoms with E-state index in [1.54, 1.807) is 28.4 Å². The van der Waals surface area contributed by atoms with Crippen molar-refractivity contribution in [2.75, 3.05) is 77.5 Å². The molecule has 0 aromatic heterocycles. The Balaban J connectivity index is 1.10. The van der Waals surface area contributed by atoms with E-state index >= 15 is 0 Å². The molecule has 62 heavy (non-hydrogen) atoms. The molecule has 0 spiro atoms. The van der Waals surface area contributed by atoms with Gasteiger partial charge >= 0.3 is 12.4 Å². The van der Waals surface area contributed by atoms with Gasteiger partial charge in [-0.25, -0.2) is 0 Å². The van der Waals surface area contributed by atoms with Crippen LogP contribution in [-0.2, 0) is 12.4 Å². The Labute approximate surface area is 358 Å². The van der Waals surface area contributed by atoms with Gasteiger partial charge in [0.2, 0.25) is 0 Å². The number of rotatable bonds is 10. The Hall–Kier alpha value is -5.15. The Bertz CT molecular complexity index is 2110. The van der Waals surface area contributed by atoms with Gasteiger partial charge < -0.3 is 28.7 Å². The zero-order chi connectivity index (χ0) is 43.9. The van der Waals surface area contributed by atoms with Crippen LogP contribution in [0.15, 0.2) is 72.8 Å². The van der Waals surface area contributed by atoms with Gasteiger partial charge in [0.15, 0.2) is 28.8 Å². The van der Waals surface area contributed by atoms with E-state index < -0.39 is 29.3 Å². The number of fused-ring (bicyclic) bond motifs is 2. The van der Waals surface area contributed by atoms with E-state index in [9.17, 15) is 31.1 Å². The van der Waals surface area contributed by atoms with Crippen molar-refractivity contribution < 1.29 is 50.1 Å². The van der Waals surface area contributed by atoms with Crippen molar-refractivity contribution >= 4 is 17.2 Å². The Kier molecular flexibility index (Phi) is 12.3. The molecule has 4 aromatic rings. The van der Waals surface area contributed by atoms with E-state index in [0.717, 1.165) is 73.9 Å². The third kappa shape index (κ3) is 8.49. The van der Waals surface area contributed by atoms with Crippen molar-refractivity contribution in [3.8, 4) is 23.0 Å². The lowest BCUT2D eigenvalue weighted by atomic mass is 9.88. The van der Waals surface area contributed by atoms with Gasteiger partial charge in [0.1, 0.15) is 0 Å². The van der Waals surface area contributed by atoms with E-state index in [2.05, 4.69) is 9.80 Å². The number of piperidine rings is 2. The average molecular weight is 867 g/mol. The first-order chi connectivity index (χ1) is 29.7. The molecule has 4 atom stereocenters. The summed E-state index contributed by atoms with van der Waals surface area (Å²) in [5.41, 5.74) is 0.588. The summed E-state index contributed by atoms with van der Waals surface area (Å²) >= 11 is 0. The van der Waals surface area contributed by atoms with E-state index in [0.29, 0.717) is 62.3 Å². The maximum atomic E-state index is 14.9. The van der Waals surface area contributed by atoms with Crippen molar-refractivity contribution in [3.05, 3.63) is 106 Å². The summed E-state index contributed by atoms with van der Waals surface area (Å²) in [6.07, 6.45) is -4.19. The number of methoxy groups -OCH3 is 4. The minimum atomic E-state index is -4.69. The van der Waals surface area contributed by atoms with Gasteiger partial charge in [0, 0.05) is 85.9 Å². The number of alkyl halides is 6. The smallest absolute Gasteiger partial charge is 0.416 e. The van der Waals surface area contributed by atoms with Gasteiger partial charge in [-0.15, -0.1) is 0 Å². The number of nitrogens with zero attached hydrogens (tertiary/aromatic N) is 4. The van der Waals surface area contributed by atoms with Crippen LogP contribution in [0.4, 0.5) is 37.7 Å². The van der Waals surface area contributed by atoms with Crippen LogP contribution in [0.5, 0.6) is 23.0 Å². The number of hydrogen-bond acceptors (Lipinski definition) is 9. The molecule has 4 aliphatic heterocycles. The number of ether oxygens (including phenoxy) is 4. The summed E-state index contributed by atoms with van der Waals surface area (Å²) in [6, 6.07) is 17.9. The predicted octanol–water partition coefficient (Wildman–Crippen LogP) is 9.82. The molecule has 0 amide bonds. The standard InChI is InChI=1S/C47H52F6N4O5/c1-59-41-17-11-29(23-43(41)61-3)37-9-5-7-33-27-54(19-21-56(33)37)39-25-31(46(48,49)50)13-15-35(39)45(58)36-16-14-32(47(51,52)53)26-40(36)55-20-22-57-34(28-55)8-6-10-38(57)30-12-18-42(60-2)44(24-30)62-4/h11-18,23-26,33-34,37-38H,5-10,19-22,27-28H2,1-4H3. The van der Waals surface area contributed by atoms with E-state index in [1.807, 2.05) is 46.2 Å². The minimum Gasteiger partial charge on any atom is -0.493 e. The Morgan fingerprint density at radius 2 is 0.919 bits per heavy atom. The lowest BCUT2D eigenvalue weighted by molar-refractivity contribution is -0.138. The maximum Gasteiger partial charge on any atom is 0.416 e. The van der Waals surface area contributed by atoms with Crippen LogP contribution in [0, 0.1) is 0 Å². The van der Waals surface area contributed by atoms with E-state index in [-0.39, 0.29) is 46.7 Å². The van der Waals surface area contributed by atoms with Gasteiger partial charge in [-0.1, -0.05) is 12.1 Å². The lowest BCUT2D eigenvalue weighted by Crippen LogP contribution is -2.56. The molecule has 8 rings (SSSR count). The second kappa shape index (κ2) is 17.5. The molecule has 0 N–H and O–H groups in total. The van der Waals surface area contributed by atoms with Crippen LogP contribution in [0.1, 0.15) is 88.8 Å². The number of benzene rings is 4. The van der Waals surface area contributed by atoms with Crippen molar-refractivity contribution in [3.63, 3.8) is 0 Å². The SMILES string of the molecule is COc1ccc(C2CCCC3CN(c4cc(C(F)(F)F)ccc4C(=O)c4ccc(C(F)(F)F)cc4N4CCN5C(CCCC5c5ccc(OC)c(OC)c5)C4)CCN32)cc1OC. The summed E-state index contributed by atoms with van der Waals surface area (Å²) in [5.74, 6) is 1.82. The Morgan fingerprint density at radius 3 is 1.29 bits per heavy atom. The molecule has 4 saturated heterocycles. The molecule has 4 fully saturated rings. The topological polar surface area (TPSA) is 67.0 Å². The highest BCUT2D eigenvalue weighted by atomic mass is 19.4. The largest absolute Gasteiger partial charge is 0.493 e. The minimum absolute atomic E-state index is 0.0181. The first-order valence-electron chi connectivity index (χ1n) is 21.1. The van der Waals surface area contributed by atoms with Gasteiger partial charge in [-0.2, -0.15) is 26.3 Å². The number of anilines is 2. The van der Waals surface area contributed by atoms with Crippen molar-refractivity contribution in [1.29, 1.82) is 0 Å². The highest BCUT2D eigenvalue weighted by Crippen LogP contribution is 2.44. The van der Waals surface area contributed by atoms with Crippen LogP contribution < -0.4 is 28.7 Å². The van der Waals surface area contributed by atoms with Crippen molar-refractivity contribution in [2.45, 2.75) is 75.0 Å². The highest BCUT2D eigenvalue weighted by molar-refractivity contribution is 6.15. The second-order valence-electron chi connectivity index (χ2n) is 16.6. The summed E-state index contributed by atoms with van der Waals surface area (Å²) in [4.78, 5) is 23.3. The number of carbonyl (C=O) groups excluding carboxylic acids is 1. The third-order valence-electron chi connectivity index (χ3n) is 13.3. The fourth-order valence-electron chi connectivity index (χ4n) is 10.2. The fourth-order valence-corrected chi connectivity index (χ4v) is 10.2. The van der Waals surface area contributed by atoms with Crippen molar-refractivity contribution in [2.24, 2.45) is 0 Å². The third-order valence-corrected chi connectivity index (χ3v) is 13.3. The Morgan fingerprint density at radius 1 is 0.516 bits per heavy atom. The molecule has 0 saturated carbocycles. The number of carbonyl (C=O) groups is 1. The molecule has 0 radical (unpaired) electrons. The molecule has 4 aliphatic rings. The van der Waals surface area contributed by atoms with Gasteiger partial charge in [-0.05, 0) is 110 Å². The maximum absolute atomic E-state index is 14.9. The average Bonchev–Trinajstić information content (AvgIpc) is 3.29. The number of ketones is 1. The zero-order valence-electron chi connectivity index (χ0n) is 35.3. The predicted molar refractivity (Wildman–Crippen MR) is 224 cm³/mol. The summed E-state index contributed by atoms with van der Waals surface area (Å²) in [6.45, 7) is 2.47. The molecule has 332 valence electrons. The summed E-state index contributed by atoms with van der Waals surface area (Å²) in [7, 11) is 6.32. The quantitative estimate of drug-likeness (QED) is 0.115. The lowest BCUT2D eigenvalue weighted by Gasteiger charge is -2.49. The molecule has 0 aliphatic carbocycles. The van der Waals surface area contributed by atoms with Crippen molar-refractivity contribution in [1.82, 2.24) is 9.80 Å². The van der Waals surface area contributed by atoms with Crippen LogP contribution in [-0.4, -0.2) is 95.4 Å². The number of piperazine rings is 2. The van der Waals surface area contributed by atoms with Crippen LogP contribution in [0.25, 0.3) is 0 Å². The van der Waals surface area contributed by atoms with Crippen LogP contribution in [0.3, 0.4) is 0 Å². The molecule has 15 heteroatoms. The number of hydrogen-bond donors (Lipinski definition) is 0. The van der Waals surface area contributed by atoms with Gasteiger partial charge in [0.05, 0.1) is 39.6 Å². The molecule has 0 bridgehead atoms. The van der Waals surface area contributed by atoms with Crippen LogP contribution >= 0.6 is 0 Å². The van der Waals surface area contributed by atoms with Gasteiger partial charge in [-0.3, -0.25) is 14.6 Å². The molecule has 4 aromatic carbocycles. The normalized spacial score (nSPS) is 22.4. The first kappa shape index (κ1) is 43.5. The van der Waals surface area contributed by atoms with E-state index in [1.165, 1.54) is 12.1 Å². The van der Waals surface area contributed by atoms with Crippen LogP contribution in [0.2, 0.25) is 0 Å². The first-order valence-corrected chi connectivity index (χ1v) is 21.1. The zero-order valence-corrected chi connectivity index (χ0v) is 35.3. The second-order valence-corrected chi connectivity index (χ2v) is 16.6. The fraction of sp³-hybridized carbons (Fsp3) is 0.468. The molecule has 4 unspecified atom stereocenters. The molecule has 4 heterocycles. The monoisotopic (exact) mass is 866 g/mol. The highest BCUT2D eigenvalue weighted by Gasteiger charge is 2.41. The molecule has 9 nitrogen and oxygen atoms in total. The molecular weight excluding hydrogens is 815 g/mol. The summed E-state index contributed by atoms with van der Waals surface area (Å²) < 4.78 is 108. The summed E-state index contributed by atoms with van der Waals surface area (Å²) in [5, 5.41) is 0. The number of halogens is 6. The van der Waals surface area contributed by atoms with E-state index in [4.69, 9.17) is 18.9 Å². The van der Waals surface area contributed by atoms with Gasteiger partial charge in [0.25, 0.3) is 0 Å².